The van der Waals surface area contributed by atoms with Crippen molar-refractivity contribution in [2.45, 2.75) is 52.8 Å². The topological polar surface area (TPSA) is 99.4 Å². The van der Waals surface area contributed by atoms with Gasteiger partial charge in [0.2, 0.25) is 12.3 Å². The first-order valence-electron chi connectivity index (χ1n) is 11.0. The van der Waals surface area contributed by atoms with Gasteiger partial charge in [-0.1, -0.05) is 49.9 Å². The number of amides is 1. The number of alkyl halides is 2. The molecule has 0 heterocycles. The van der Waals surface area contributed by atoms with Gasteiger partial charge in [-0.15, -0.1) is 0 Å². The smallest absolute Gasteiger partial charge is 0.270 e. The van der Waals surface area contributed by atoms with Crippen LogP contribution in [0.5, 0.6) is 0 Å². The Kier molecular flexibility index (Phi) is 11.2. The van der Waals surface area contributed by atoms with Crippen LogP contribution in [0, 0.1) is 0 Å². The summed E-state index contributed by atoms with van der Waals surface area (Å²) in [5.41, 5.74) is 9.68. The summed E-state index contributed by atoms with van der Waals surface area (Å²) in [6.07, 6.45) is 0.772. The van der Waals surface area contributed by atoms with E-state index in [2.05, 4.69) is 53.7 Å². The molecular formula is C26H36F2N4O2. The molecule has 0 saturated carbocycles. The average molecular weight is 475 g/mol. The van der Waals surface area contributed by atoms with Crippen molar-refractivity contribution in [2.75, 3.05) is 12.4 Å². The summed E-state index contributed by atoms with van der Waals surface area (Å²) < 4.78 is 26.4. The van der Waals surface area contributed by atoms with Crippen LogP contribution < -0.4 is 21.7 Å². The molecule has 0 radical (unpaired) electrons. The number of nitrogens with one attached hydrogen (secondary N) is 3. The van der Waals surface area contributed by atoms with E-state index in [-0.39, 0.29) is 11.1 Å². The van der Waals surface area contributed by atoms with E-state index in [1.54, 1.807) is 13.0 Å². The molecule has 1 unspecified atom stereocenters. The van der Waals surface area contributed by atoms with Crippen LogP contribution in [0.4, 0.5) is 14.5 Å². The Morgan fingerprint density at radius 1 is 1.15 bits per heavy atom. The predicted molar refractivity (Wildman–Crippen MR) is 134 cm³/mol. The van der Waals surface area contributed by atoms with Gasteiger partial charge in [-0.3, -0.25) is 4.79 Å². The van der Waals surface area contributed by atoms with Gasteiger partial charge in [0, 0.05) is 48.6 Å². The third-order valence-corrected chi connectivity index (χ3v) is 5.16. The van der Waals surface area contributed by atoms with Gasteiger partial charge < -0.3 is 26.8 Å². The molecule has 0 aliphatic rings. The van der Waals surface area contributed by atoms with Gasteiger partial charge in [-0.05, 0) is 43.5 Å². The third-order valence-electron chi connectivity index (χ3n) is 5.16. The number of hydrogen-bond acceptors (Lipinski definition) is 5. The fraction of sp³-hybridized carbons (Fsp3) is 0.346. The number of anilines is 1. The fourth-order valence-electron chi connectivity index (χ4n) is 2.80. The largest absolute Gasteiger partial charge is 0.392 e. The van der Waals surface area contributed by atoms with Crippen molar-refractivity contribution in [1.29, 1.82) is 0 Å². The summed E-state index contributed by atoms with van der Waals surface area (Å²) in [6.45, 7) is 9.94. The lowest BCUT2D eigenvalue weighted by molar-refractivity contribution is -0.114. The minimum Gasteiger partial charge on any atom is -0.392 e. The lowest BCUT2D eigenvalue weighted by Crippen LogP contribution is -2.36. The Labute approximate surface area is 201 Å². The maximum Gasteiger partial charge on any atom is 0.270 e. The van der Waals surface area contributed by atoms with Crippen molar-refractivity contribution >= 4 is 11.6 Å². The molecule has 8 heteroatoms. The number of nitrogens with two attached hydrogens (primary N) is 1. The molecule has 0 aliphatic heterocycles. The Morgan fingerprint density at radius 3 is 2.24 bits per heavy atom. The molecule has 186 valence electrons. The molecule has 0 aliphatic carbocycles. The van der Waals surface area contributed by atoms with Gasteiger partial charge in [0.15, 0.2) is 0 Å². The van der Waals surface area contributed by atoms with Crippen LogP contribution >= 0.6 is 0 Å². The highest BCUT2D eigenvalue weighted by Crippen LogP contribution is 2.28. The van der Waals surface area contributed by atoms with E-state index in [9.17, 15) is 18.7 Å². The monoisotopic (exact) mass is 474 g/mol. The van der Waals surface area contributed by atoms with Crippen molar-refractivity contribution < 1.29 is 18.7 Å². The van der Waals surface area contributed by atoms with Gasteiger partial charge >= 0.3 is 0 Å². The molecule has 6 N–H and O–H groups in total. The predicted octanol–water partition coefficient (Wildman–Crippen LogP) is 4.38. The molecule has 2 aromatic rings. The number of rotatable bonds is 10. The molecule has 0 saturated heterocycles. The Morgan fingerprint density at radius 2 is 1.74 bits per heavy atom. The van der Waals surface area contributed by atoms with E-state index in [0.29, 0.717) is 11.4 Å². The number of allylic oxidation sites excluding steroid dienone is 2. The fourth-order valence-corrected chi connectivity index (χ4v) is 2.80. The first-order valence-corrected chi connectivity index (χ1v) is 11.0. The Balaban J connectivity index is 0.000000380. The van der Waals surface area contributed by atoms with Gasteiger partial charge in [0.1, 0.15) is 0 Å². The minimum atomic E-state index is -2.96. The zero-order chi connectivity index (χ0) is 25.9. The lowest BCUT2D eigenvalue weighted by Gasteiger charge is -2.19. The molecule has 0 fully saturated rings. The average Bonchev–Trinajstić information content (AvgIpc) is 2.78. The zero-order valence-corrected chi connectivity index (χ0v) is 20.5. The second-order valence-corrected chi connectivity index (χ2v) is 7.98. The molecule has 1 atom stereocenters. The van der Waals surface area contributed by atoms with Crippen LogP contribution in [0.1, 0.15) is 44.4 Å². The lowest BCUT2D eigenvalue weighted by atomic mass is 10.1. The number of primary amides is 1. The number of aryl methyl sites for hydroxylation is 1. The second kappa shape index (κ2) is 13.3. The van der Waals surface area contributed by atoms with E-state index in [1.165, 1.54) is 36.2 Å². The maximum absolute atomic E-state index is 13.2. The standard InChI is InChI=1S/C14H19F2N3O2.C12H17N/c1-8(12(17)20)9(2)18-13(21)19-11-6-4-5-10(7-11)14(3,15)16;1-4-11-5-7-12(8-6-11)9-10(2)13-3/h4-7,13,18-19,21H,1-3H3,(H2,17,20);5-8,13H,2,4,9H2,1,3H3/b9-8-;. The number of aliphatic hydroxyl groups excluding tert-OH is 1. The van der Waals surface area contributed by atoms with Gasteiger partial charge in [0.25, 0.3) is 5.92 Å². The third kappa shape index (κ3) is 10.0. The van der Waals surface area contributed by atoms with E-state index >= 15 is 0 Å². The number of carbonyl (C=O) groups excluding carboxylic acids is 1. The molecule has 0 bridgehead atoms. The molecule has 1 amide bonds. The highest BCUT2D eigenvalue weighted by Gasteiger charge is 2.24. The number of benzene rings is 2. The van der Waals surface area contributed by atoms with Crippen LogP contribution in [0.25, 0.3) is 0 Å². The first-order chi connectivity index (χ1) is 15.9. The number of carbonyl (C=O) groups is 1. The van der Waals surface area contributed by atoms with Crippen LogP contribution in [-0.2, 0) is 23.6 Å². The van der Waals surface area contributed by atoms with Crippen LogP contribution in [0.3, 0.4) is 0 Å². The summed E-state index contributed by atoms with van der Waals surface area (Å²) in [5, 5.41) is 18.1. The minimum absolute atomic E-state index is 0.166. The SMILES string of the molecule is C/C(NC(O)Nc1cccc(C(C)(F)F)c1)=C(\C)C(N)=O.C=C(Cc1ccc(CC)cc1)NC. The van der Waals surface area contributed by atoms with Gasteiger partial charge in [-0.2, -0.15) is 0 Å². The maximum atomic E-state index is 13.2. The Hall–Kier alpha value is -3.39. The molecule has 2 rings (SSSR count). The van der Waals surface area contributed by atoms with E-state index in [1.807, 2.05) is 7.05 Å². The van der Waals surface area contributed by atoms with E-state index in [0.717, 1.165) is 25.5 Å². The number of halogens is 2. The summed E-state index contributed by atoms with van der Waals surface area (Å²) in [7, 11) is 1.91. The molecular weight excluding hydrogens is 438 g/mol. The highest BCUT2D eigenvalue weighted by molar-refractivity contribution is 5.91. The Bertz CT molecular complexity index is 983. The van der Waals surface area contributed by atoms with Crippen molar-refractivity contribution in [3.8, 4) is 0 Å². The number of hydrogen-bond donors (Lipinski definition) is 5. The molecule has 2 aromatic carbocycles. The molecule has 0 spiro atoms. The summed E-state index contributed by atoms with van der Waals surface area (Å²) in [5.74, 6) is -3.58. The quantitative estimate of drug-likeness (QED) is 0.260. The van der Waals surface area contributed by atoms with Gasteiger partial charge in [0.05, 0.1) is 0 Å². The highest BCUT2D eigenvalue weighted by atomic mass is 19.3. The second-order valence-electron chi connectivity index (χ2n) is 7.98. The van der Waals surface area contributed by atoms with E-state index in [4.69, 9.17) is 5.73 Å². The molecule has 6 nitrogen and oxygen atoms in total. The number of aliphatic hydroxyl groups is 1. The van der Waals surface area contributed by atoms with Crippen molar-refractivity contribution in [3.63, 3.8) is 0 Å². The first kappa shape index (κ1) is 28.6. The van der Waals surface area contributed by atoms with Crippen molar-refractivity contribution in [3.05, 3.63) is 88.8 Å². The van der Waals surface area contributed by atoms with Crippen molar-refractivity contribution in [1.82, 2.24) is 10.6 Å². The van der Waals surface area contributed by atoms with Gasteiger partial charge in [-0.25, -0.2) is 8.78 Å². The molecule has 0 aromatic heterocycles. The summed E-state index contributed by atoms with van der Waals surface area (Å²) in [6, 6.07) is 14.2. The van der Waals surface area contributed by atoms with Crippen molar-refractivity contribution in [2.24, 2.45) is 5.73 Å². The zero-order valence-electron chi connectivity index (χ0n) is 20.5. The van der Waals surface area contributed by atoms with Crippen LogP contribution in [0.15, 0.2) is 72.1 Å². The normalized spacial score (nSPS) is 12.5. The summed E-state index contributed by atoms with van der Waals surface area (Å²) in [4.78, 5) is 11.0. The number of likely N-dealkylation sites (N-methyl/N-ethyl adjacent to an activating group) is 1. The molecule has 34 heavy (non-hydrogen) atoms. The van der Waals surface area contributed by atoms with Crippen LogP contribution in [0.2, 0.25) is 0 Å². The van der Waals surface area contributed by atoms with E-state index < -0.39 is 18.2 Å². The summed E-state index contributed by atoms with van der Waals surface area (Å²) >= 11 is 0. The van der Waals surface area contributed by atoms with Crippen LogP contribution in [-0.4, -0.2) is 24.4 Å².